The first-order chi connectivity index (χ1) is 12.3. The molecule has 0 atom stereocenters. The van der Waals surface area contributed by atoms with Gasteiger partial charge in [-0.15, -0.1) is 5.10 Å². The largest absolute Gasteiger partial charge is 0.265 e. The minimum Gasteiger partial charge on any atom is -0.265 e. The van der Waals surface area contributed by atoms with Gasteiger partial charge in [0.05, 0.1) is 0 Å². The highest BCUT2D eigenvalue weighted by atomic mass is 32.2. The Kier molecular flexibility index (Phi) is 4.17. The van der Waals surface area contributed by atoms with Gasteiger partial charge >= 0.3 is 0 Å². The van der Waals surface area contributed by atoms with E-state index >= 15 is 0 Å². The lowest BCUT2D eigenvalue weighted by atomic mass is 10.2. The predicted octanol–water partition coefficient (Wildman–Crippen LogP) is 3.18. The van der Waals surface area contributed by atoms with E-state index in [0.717, 1.165) is 21.8 Å². The summed E-state index contributed by atoms with van der Waals surface area (Å²) in [6, 6.07) is 9.45. The molecule has 7 nitrogen and oxygen atoms in total. The van der Waals surface area contributed by atoms with Crippen LogP contribution in [0.15, 0.2) is 65.3 Å². The van der Waals surface area contributed by atoms with E-state index in [4.69, 9.17) is 0 Å². The Hall–Kier alpha value is -3.13. The molecule has 0 fully saturated rings. The summed E-state index contributed by atoms with van der Waals surface area (Å²) in [5.41, 5.74) is 2.74. The third-order valence-electron chi connectivity index (χ3n) is 3.38. The van der Waals surface area contributed by atoms with Crippen LogP contribution >= 0.6 is 11.8 Å². The molecule has 0 aromatic carbocycles. The molecule has 25 heavy (non-hydrogen) atoms. The van der Waals surface area contributed by atoms with Gasteiger partial charge in [0.15, 0.2) is 11.6 Å². The number of aromatic amines is 1. The Balaban J connectivity index is 1.61. The number of hydrogen-bond donors (Lipinski definition) is 1. The van der Waals surface area contributed by atoms with Crippen molar-refractivity contribution in [3.05, 3.63) is 60.8 Å². The van der Waals surface area contributed by atoms with Crippen molar-refractivity contribution in [2.24, 2.45) is 0 Å². The maximum absolute atomic E-state index is 4.60. The van der Waals surface area contributed by atoms with Gasteiger partial charge in [-0.05, 0) is 49.0 Å². The third kappa shape index (κ3) is 3.53. The second-order valence-corrected chi connectivity index (χ2v) is 6.20. The molecule has 122 valence electrons. The minimum atomic E-state index is 0.602. The van der Waals surface area contributed by atoms with E-state index < -0.39 is 0 Å². The van der Waals surface area contributed by atoms with E-state index in [0.29, 0.717) is 16.8 Å². The highest BCUT2D eigenvalue weighted by Gasteiger charge is 2.10. The molecule has 0 aliphatic carbocycles. The maximum Gasteiger partial charge on any atom is 0.215 e. The minimum absolute atomic E-state index is 0.602. The highest BCUT2D eigenvalue weighted by molar-refractivity contribution is 7.99. The zero-order valence-electron chi connectivity index (χ0n) is 13.3. The predicted molar refractivity (Wildman–Crippen MR) is 93.7 cm³/mol. The fourth-order valence-corrected chi connectivity index (χ4v) is 3.02. The van der Waals surface area contributed by atoms with E-state index in [1.54, 1.807) is 24.8 Å². The van der Waals surface area contributed by atoms with E-state index in [-0.39, 0.29) is 0 Å². The molecule has 1 N–H and O–H groups in total. The average molecular weight is 347 g/mol. The molecule has 4 rings (SSSR count). The zero-order chi connectivity index (χ0) is 17.1. The van der Waals surface area contributed by atoms with Gasteiger partial charge in [-0.2, -0.15) is 0 Å². The molecule has 4 heterocycles. The summed E-state index contributed by atoms with van der Waals surface area (Å²) in [6.07, 6.45) is 6.90. The van der Waals surface area contributed by atoms with Crippen LogP contribution in [-0.2, 0) is 0 Å². The fraction of sp³-hybridized carbons (Fsp3) is 0.0588. The second kappa shape index (κ2) is 6.78. The first-order valence-electron chi connectivity index (χ1n) is 7.55. The molecule has 8 heteroatoms. The van der Waals surface area contributed by atoms with Crippen molar-refractivity contribution in [2.45, 2.75) is 17.1 Å². The fourth-order valence-electron chi connectivity index (χ4n) is 2.25. The molecule has 0 bridgehead atoms. The molecule has 0 unspecified atom stereocenters. The van der Waals surface area contributed by atoms with Gasteiger partial charge in [0, 0.05) is 41.6 Å². The van der Waals surface area contributed by atoms with Crippen molar-refractivity contribution in [3.63, 3.8) is 0 Å². The average Bonchev–Trinajstić information content (AvgIpc) is 3.11. The second-order valence-electron chi connectivity index (χ2n) is 5.21. The van der Waals surface area contributed by atoms with E-state index in [1.165, 1.54) is 11.8 Å². The van der Waals surface area contributed by atoms with Gasteiger partial charge in [0.1, 0.15) is 5.03 Å². The topological polar surface area (TPSA) is 93.1 Å². The SMILES string of the molecule is Cc1cc(Sc2n[nH]c(-c3ccncc3)n2)nc(-c2ccncc2)n1. The Morgan fingerprint density at radius 1 is 0.840 bits per heavy atom. The van der Waals surface area contributed by atoms with Gasteiger partial charge in [-0.3, -0.25) is 15.1 Å². The van der Waals surface area contributed by atoms with Crippen LogP contribution in [0.3, 0.4) is 0 Å². The number of H-pyrrole nitrogens is 1. The summed E-state index contributed by atoms with van der Waals surface area (Å²) in [5, 5.41) is 8.59. The standard InChI is InChI=1S/C17H13N7S/c1-11-10-14(21-15(20-11)12-2-6-18-7-3-12)25-17-22-16(23-24-17)13-4-8-19-9-5-13/h2-10H,1H3,(H,22,23,24). The van der Waals surface area contributed by atoms with Crippen molar-refractivity contribution in [1.29, 1.82) is 0 Å². The Morgan fingerprint density at radius 2 is 1.52 bits per heavy atom. The summed E-state index contributed by atoms with van der Waals surface area (Å²) >= 11 is 1.39. The molecule has 0 radical (unpaired) electrons. The number of nitrogens with one attached hydrogen (secondary N) is 1. The maximum atomic E-state index is 4.60. The molecule has 0 spiro atoms. The van der Waals surface area contributed by atoms with Gasteiger partial charge < -0.3 is 0 Å². The van der Waals surface area contributed by atoms with Crippen LogP contribution in [0.5, 0.6) is 0 Å². The Morgan fingerprint density at radius 3 is 2.24 bits per heavy atom. The van der Waals surface area contributed by atoms with Gasteiger partial charge in [0.25, 0.3) is 0 Å². The Labute approximate surface area is 148 Å². The Bertz CT molecular complexity index is 986. The van der Waals surface area contributed by atoms with E-state index in [9.17, 15) is 0 Å². The molecule has 0 saturated carbocycles. The normalized spacial score (nSPS) is 10.8. The molecule has 0 saturated heterocycles. The lowest BCUT2D eigenvalue weighted by molar-refractivity contribution is 0.959. The van der Waals surface area contributed by atoms with E-state index in [2.05, 4.69) is 35.1 Å². The lowest BCUT2D eigenvalue weighted by Crippen LogP contribution is -1.94. The van der Waals surface area contributed by atoms with Crippen molar-refractivity contribution < 1.29 is 0 Å². The van der Waals surface area contributed by atoms with E-state index in [1.807, 2.05) is 37.3 Å². The molecule has 4 aromatic rings. The van der Waals surface area contributed by atoms with Gasteiger partial charge in [0.2, 0.25) is 5.16 Å². The zero-order valence-corrected chi connectivity index (χ0v) is 14.1. The molecule has 0 amide bonds. The van der Waals surface area contributed by atoms with Crippen LogP contribution in [0, 0.1) is 6.92 Å². The van der Waals surface area contributed by atoms with Crippen LogP contribution in [-0.4, -0.2) is 35.1 Å². The van der Waals surface area contributed by atoms with Crippen LogP contribution in [0.4, 0.5) is 0 Å². The number of nitrogens with zero attached hydrogens (tertiary/aromatic N) is 6. The molecular formula is C17H13N7S. The summed E-state index contributed by atoms with van der Waals surface area (Å²) in [6.45, 7) is 1.94. The summed E-state index contributed by atoms with van der Waals surface area (Å²) in [5.74, 6) is 1.36. The highest BCUT2D eigenvalue weighted by Crippen LogP contribution is 2.27. The van der Waals surface area contributed by atoms with Crippen molar-refractivity contribution in [3.8, 4) is 22.8 Å². The first-order valence-corrected chi connectivity index (χ1v) is 8.36. The first kappa shape index (κ1) is 15.4. The summed E-state index contributed by atoms with van der Waals surface area (Å²) < 4.78 is 0. The summed E-state index contributed by atoms with van der Waals surface area (Å²) in [7, 11) is 0. The summed E-state index contributed by atoms with van der Waals surface area (Å²) in [4.78, 5) is 21.6. The van der Waals surface area contributed by atoms with Crippen LogP contribution in [0.2, 0.25) is 0 Å². The quantitative estimate of drug-likeness (QED) is 0.567. The number of hydrogen-bond acceptors (Lipinski definition) is 7. The molecule has 0 aliphatic rings. The van der Waals surface area contributed by atoms with Crippen molar-refractivity contribution in [1.82, 2.24) is 35.1 Å². The molecule has 4 aromatic heterocycles. The third-order valence-corrected chi connectivity index (χ3v) is 4.17. The molecular weight excluding hydrogens is 334 g/mol. The lowest BCUT2D eigenvalue weighted by Gasteiger charge is -2.04. The molecule has 0 aliphatic heterocycles. The van der Waals surface area contributed by atoms with Crippen LogP contribution in [0.25, 0.3) is 22.8 Å². The van der Waals surface area contributed by atoms with Crippen molar-refractivity contribution >= 4 is 11.8 Å². The monoisotopic (exact) mass is 347 g/mol. The van der Waals surface area contributed by atoms with Crippen molar-refractivity contribution in [2.75, 3.05) is 0 Å². The van der Waals surface area contributed by atoms with Crippen LogP contribution in [0.1, 0.15) is 5.69 Å². The smallest absolute Gasteiger partial charge is 0.215 e. The number of aromatic nitrogens is 7. The number of rotatable bonds is 4. The van der Waals surface area contributed by atoms with Gasteiger partial charge in [-0.1, -0.05) is 0 Å². The van der Waals surface area contributed by atoms with Gasteiger partial charge in [-0.25, -0.2) is 15.0 Å². The number of pyridine rings is 2. The number of aryl methyl sites for hydroxylation is 1. The van der Waals surface area contributed by atoms with Crippen LogP contribution < -0.4 is 0 Å².